The second-order valence-corrected chi connectivity index (χ2v) is 3.46. The van der Waals surface area contributed by atoms with Crippen molar-refractivity contribution in [2.45, 2.75) is 19.9 Å². The molecule has 2 aromatic heterocycles. The molecule has 4 nitrogen and oxygen atoms in total. The first kappa shape index (κ1) is 9.71. The van der Waals surface area contributed by atoms with E-state index in [0.29, 0.717) is 5.69 Å². The molecule has 0 fully saturated rings. The number of hydrogen-bond acceptors (Lipinski definition) is 3. The van der Waals surface area contributed by atoms with Crippen LogP contribution < -0.4 is 5.73 Å². The topological polar surface area (TPSA) is 56.7 Å². The van der Waals surface area contributed by atoms with E-state index in [4.69, 9.17) is 5.73 Å². The minimum Gasteiger partial charge on any atom is -0.397 e. The van der Waals surface area contributed by atoms with E-state index in [1.807, 2.05) is 23.1 Å². The monoisotopic (exact) mass is 202 g/mol. The zero-order valence-electron chi connectivity index (χ0n) is 8.72. The molecule has 2 aromatic rings. The van der Waals surface area contributed by atoms with Crippen LogP contribution in [0.3, 0.4) is 0 Å². The minimum atomic E-state index is 0.688. The van der Waals surface area contributed by atoms with Crippen molar-refractivity contribution in [2.75, 3.05) is 5.73 Å². The van der Waals surface area contributed by atoms with Gasteiger partial charge in [0.25, 0.3) is 0 Å². The van der Waals surface area contributed by atoms with Crippen LogP contribution in [-0.4, -0.2) is 14.8 Å². The summed E-state index contributed by atoms with van der Waals surface area (Å²) in [7, 11) is 0. The number of aryl methyl sites for hydroxylation is 1. The van der Waals surface area contributed by atoms with Crippen molar-refractivity contribution >= 4 is 5.69 Å². The predicted octanol–water partition coefficient (Wildman–Crippen LogP) is 1.94. The van der Waals surface area contributed by atoms with Gasteiger partial charge < -0.3 is 5.73 Å². The number of anilines is 1. The van der Waals surface area contributed by atoms with Gasteiger partial charge in [-0.2, -0.15) is 5.10 Å². The number of hydrogen-bond donors (Lipinski definition) is 1. The highest BCUT2D eigenvalue weighted by molar-refractivity contribution is 5.74. The number of nitrogen functional groups attached to an aromatic ring is 1. The van der Waals surface area contributed by atoms with Gasteiger partial charge in [0.2, 0.25) is 0 Å². The van der Waals surface area contributed by atoms with Crippen LogP contribution in [0.25, 0.3) is 11.1 Å². The standard InChI is InChI=1S/C11H14N4/c1-2-5-15-8-9(6-14-15)10-3-4-13-7-11(10)12/h3-4,6-8H,2,5,12H2,1H3. The van der Waals surface area contributed by atoms with Gasteiger partial charge in [0.1, 0.15) is 0 Å². The first-order valence-corrected chi connectivity index (χ1v) is 5.03. The molecule has 2 heterocycles. The lowest BCUT2D eigenvalue weighted by atomic mass is 10.1. The molecule has 15 heavy (non-hydrogen) atoms. The van der Waals surface area contributed by atoms with Crippen molar-refractivity contribution in [1.82, 2.24) is 14.8 Å². The van der Waals surface area contributed by atoms with Crippen molar-refractivity contribution in [1.29, 1.82) is 0 Å². The van der Waals surface area contributed by atoms with Crippen molar-refractivity contribution in [3.63, 3.8) is 0 Å². The molecule has 0 saturated carbocycles. The van der Waals surface area contributed by atoms with Gasteiger partial charge in [-0.3, -0.25) is 9.67 Å². The number of aromatic nitrogens is 3. The van der Waals surface area contributed by atoms with Crippen molar-refractivity contribution in [2.24, 2.45) is 0 Å². The third kappa shape index (κ3) is 1.98. The minimum absolute atomic E-state index is 0.688. The summed E-state index contributed by atoms with van der Waals surface area (Å²) in [6, 6.07) is 1.91. The fourth-order valence-electron chi connectivity index (χ4n) is 1.52. The molecular weight excluding hydrogens is 188 g/mol. The SMILES string of the molecule is CCCn1cc(-c2ccncc2N)cn1. The van der Waals surface area contributed by atoms with E-state index in [9.17, 15) is 0 Å². The van der Waals surface area contributed by atoms with Crippen molar-refractivity contribution < 1.29 is 0 Å². The van der Waals surface area contributed by atoms with E-state index in [1.165, 1.54) is 0 Å². The maximum atomic E-state index is 5.84. The highest BCUT2D eigenvalue weighted by Gasteiger charge is 2.04. The smallest absolute Gasteiger partial charge is 0.0581 e. The normalized spacial score (nSPS) is 10.5. The molecule has 0 radical (unpaired) electrons. The first-order valence-electron chi connectivity index (χ1n) is 5.03. The van der Waals surface area contributed by atoms with Gasteiger partial charge in [-0.15, -0.1) is 0 Å². The lowest BCUT2D eigenvalue weighted by Crippen LogP contribution is -1.95. The summed E-state index contributed by atoms with van der Waals surface area (Å²) in [5, 5.41) is 4.26. The third-order valence-corrected chi connectivity index (χ3v) is 2.25. The predicted molar refractivity (Wildman–Crippen MR) is 60.2 cm³/mol. The maximum Gasteiger partial charge on any atom is 0.0581 e. The Morgan fingerprint density at radius 1 is 1.40 bits per heavy atom. The average Bonchev–Trinajstić information content (AvgIpc) is 2.68. The van der Waals surface area contributed by atoms with Crippen LogP contribution in [0.1, 0.15) is 13.3 Å². The molecule has 0 aromatic carbocycles. The zero-order valence-corrected chi connectivity index (χ0v) is 8.72. The Labute approximate surface area is 88.8 Å². The van der Waals surface area contributed by atoms with Crippen LogP contribution in [-0.2, 0) is 6.54 Å². The van der Waals surface area contributed by atoms with Gasteiger partial charge in [0, 0.05) is 30.1 Å². The van der Waals surface area contributed by atoms with Crippen molar-refractivity contribution in [3.05, 3.63) is 30.9 Å². The first-order chi connectivity index (χ1) is 7.31. The van der Waals surface area contributed by atoms with Crippen LogP contribution in [0.2, 0.25) is 0 Å². The van der Waals surface area contributed by atoms with E-state index < -0.39 is 0 Å². The number of rotatable bonds is 3. The Morgan fingerprint density at radius 2 is 2.27 bits per heavy atom. The molecule has 78 valence electrons. The molecule has 0 aliphatic heterocycles. The van der Waals surface area contributed by atoms with E-state index in [2.05, 4.69) is 17.0 Å². The Balaban J connectivity index is 2.33. The van der Waals surface area contributed by atoms with Crippen LogP contribution in [0.15, 0.2) is 30.9 Å². The zero-order chi connectivity index (χ0) is 10.7. The Bertz CT molecular complexity index is 447. The van der Waals surface area contributed by atoms with E-state index in [-0.39, 0.29) is 0 Å². The van der Waals surface area contributed by atoms with Gasteiger partial charge in [0.05, 0.1) is 18.1 Å². The molecule has 0 aliphatic carbocycles. The summed E-state index contributed by atoms with van der Waals surface area (Å²) < 4.78 is 1.93. The molecule has 0 saturated heterocycles. The highest BCUT2D eigenvalue weighted by atomic mass is 15.3. The summed E-state index contributed by atoms with van der Waals surface area (Å²) >= 11 is 0. The molecule has 0 unspecified atom stereocenters. The van der Waals surface area contributed by atoms with Crippen LogP contribution in [0.5, 0.6) is 0 Å². The molecule has 0 aliphatic rings. The van der Waals surface area contributed by atoms with Gasteiger partial charge in [-0.1, -0.05) is 6.92 Å². The molecular formula is C11H14N4. The van der Waals surface area contributed by atoms with Gasteiger partial charge >= 0.3 is 0 Å². The van der Waals surface area contributed by atoms with Crippen molar-refractivity contribution in [3.8, 4) is 11.1 Å². The fraction of sp³-hybridized carbons (Fsp3) is 0.273. The molecule has 4 heteroatoms. The third-order valence-electron chi connectivity index (χ3n) is 2.25. The Kier molecular flexibility index (Phi) is 2.67. The Morgan fingerprint density at radius 3 is 3.00 bits per heavy atom. The second kappa shape index (κ2) is 4.13. The number of pyridine rings is 1. The van der Waals surface area contributed by atoms with Crippen LogP contribution in [0, 0.1) is 0 Å². The summed E-state index contributed by atoms with van der Waals surface area (Å²) in [4.78, 5) is 3.96. The molecule has 2 rings (SSSR count). The lowest BCUT2D eigenvalue weighted by molar-refractivity contribution is 0.603. The van der Waals surface area contributed by atoms with Gasteiger partial charge in [0.15, 0.2) is 0 Å². The molecule has 2 N–H and O–H groups in total. The largest absolute Gasteiger partial charge is 0.397 e. The lowest BCUT2D eigenvalue weighted by Gasteiger charge is -2.00. The maximum absolute atomic E-state index is 5.84. The summed E-state index contributed by atoms with van der Waals surface area (Å²) in [6.45, 7) is 3.06. The van der Waals surface area contributed by atoms with Gasteiger partial charge in [-0.25, -0.2) is 0 Å². The quantitative estimate of drug-likeness (QED) is 0.827. The molecule has 0 atom stereocenters. The van der Waals surface area contributed by atoms with Crippen LogP contribution >= 0.6 is 0 Å². The summed E-state index contributed by atoms with van der Waals surface area (Å²) in [5.41, 5.74) is 8.56. The Hall–Kier alpha value is -1.84. The number of nitrogens with zero attached hydrogens (tertiary/aromatic N) is 3. The summed E-state index contributed by atoms with van der Waals surface area (Å²) in [6.07, 6.45) is 8.32. The van der Waals surface area contributed by atoms with Gasteiger partial charge in [-0.05, 0) is 12.5 Å². The van der Waals surface area contributed by atoms with E-state index in [1.54, 1.807) is 12.4 Å². The molecule has 0 bridgehead atoms. The summed E-state index contributed by atoms with van der Waals surface area (Å²) in [5.74, 6) is 0. The molecule has 0 spiro atoms. The molecule has 0 amide bonds. The number of nitrogens with two attached hydrogens (primary N) is 1. The highest BCUT2D eigenvalue weighted by Crippen LogP contribution is 2.23. The van der Waals surface area contributed by atoms with Crippen LogP contribution in [0.4, 0.5) is 5.69 Å². The van der Waals surface area contributed by atoms with E-state index >= 15 is 0 Å². The average molecular weight is 202 g/mol. The van der Waals surface area contributed by atoms with E-state index in [0.717, 1.165) is 24.1 Å². The fourth-order valence-corrected chi connectivity index (χ4v) is 1.52. The second-order valence-electron chi connectivity index (χ2n) is 3.46.